The molecule has 1 heterocycles. The second-order valence-electron chi connectivity index (χ2n) is 5.32. The maximum absolute atomic E-state index is 12.4. The summed E-state index contributed by atoms with van der Waals surface area (Å²) < 4.78 is 11.2. The Bertz CT molecular complexity index is 828. The van der Waals surface area contributed by atoms with E-state index in [-0.39, 0.29) is 22.7 Å². The van der Waals surface area contributed by atoms with Gasteiger partial charge in [-0.1, -0.05) is 44.2 Å². The van der Waals surface area contributed by atoms with Gasteiger partial charge in [0.25, 0.3) is 0 Å². The van der Waals surface area contributed by atoms with E-state index >= 15 is 0 Å². The fraction of sp³-hybridized carbons (Fsp3) is 0.300. The van der Waals surface area contributed by atoms with Crippen LogP contribution in [0.15, 0.2) is 56.9 Å². The second kappa shape index (κ2) is 7.30. The predicted octanol–water partition coefficient (Wildman–Crippen LogP) is 4.55. The Labute approximate surface area is 141 Å². The number of rotatable bonds is 2. The maximum atomic E-state index is 12.4. The minimum absolute atomic E-state index is 0.116. The van der Waals surface area contributed by atoms with Gasteiger partial charge in [-0.05, 0) is 13.8 Å². The Morgan fingerprint density at radius 1 is 1.08 bits per heavy atom. The highest BCUT2D eigenvalue weighted by Crippen LogP contribution is 2.36. The summed E-state index contributed by atoms with van der Waals surface area (Å²) >= 11 is 0. The molecule has 24 heavy (non-hydrogen) atoms. The highest BCUT2D eigenvalue weighted by Gasteiger charge is 2.34. The van der Waals surface area contributed by atoms with Crippen LogP contribution in [0.2, 0.25) is 0 Å². The molecule has 1 aliphatic carbocycles. The number of allylic oxidation sites excluding steroid dienone is 2. The van der Waals surface area contributed by atoms with Crippen LogP contribution in [0.4, 0.5) is 0 Å². The molecule has 0 amide bonds. The normalized spacial score (nSPS) is 16.2. The van der Waals surface area contributed by atoms with Crippen LogP contribution in [-0.2, 0) is 4.74 Å². The van der Waals surface area contributed by atoms with Crippen LogP contribution in [0.3, 0.4) is 0 Å². The summed E-state index contributed by atoms with van der Waals surface area (Å²) in [6.45, 7) is 7.54. The van der Waals surface area contributed by atoms with Gasteiger partial charge < -0.3 is 9.15 Å². The zero-order valence-electron chi connectivity index (χ0n) is 14.7. The fourth-order valence-electron chi connectivity index (χ4n) is 2.86. The molecule has 0 saturated carbocycles. The van der Waals surface area contributed by atoms with Crippen molar-refractivity contribution >= 4 is 5.78 Å². The van der Waals surface area contributed by atoms with Gasteiger partial charge in [-0.3, -0.25) is 9.59 Å². The Morgan fingerprint density at radius 3 is 2.29 bits per heavy atom. The zero-order valence-corrected chi connectivity index (χ0v) is 14.7. The number of ether oxygens (including phenoxy) is 1. The fourth-order valence-corrected chi connectivity index (χ4v) is 2.86. The molecular formula is C20H22O4. The molecule has 0 spiro atoms. The van der Waals surface area contributed by atoms with Gasteiger partial charge in [-0.2, -0.15) is 0 Å². The Balaban J connectivity index is 0.00000100. The summed E-state index contributed by atoms with van der Waals surface area (Å²) in [4.78, 5) is 24.8. The first kappa shape index (κ1) is 17.7. The molecule has 126 valence electrons. The smallest absolute Gasteiger partial charge is 0.199 e. The third-order valence-corrected chi connectivity index (χ3v) is 3.98. The lowest BCUT2D eigenvalue weighted by Gasteiger charge is -2.23. The minimum atomic E-state index is -0.321. The monoisotopic (exact) mass is 326 g/mol. The van der Waals surface area contributed by atoms with Crippen LogP contribution in [0, 0.1) is 0 Å². The van der Waals surface area contributed by atoms with Gasteiger partial charge in [0.1, 0.15) is 22.8 Å². The first-order valence-corrected chi connectivity index (χ1v) is 8.07. The third kappa shape index (κ3) is 2.92. The van der Waals surface area contributed by atoms with Crippen molar-refractivity contribution in [2.45, 2.75) is 33.6 Å². The molecule has 3 rings (SSSR count). The molecule has 0 radical (unpaired) electrons. The summed E-state index contributed by atoms with van der Waals surface area (Å²) in [5, 5.41) is 0. The average Bonchev–Trinajstić information content (AvgIpc) is 2.62. The number of hydrogen-bond donors (Lipinski definition) is 0. The lowest BCUT2D eigenvalue weighted by atomic mass is 9.87. The molecule has 1 aromatic carbocycles. The van der Waals surface area contributed by atoms with Crippen LogP contribution < -0.4 is 5.43 Å². The molecule has 0 N–H and O–H groups in total. The van der Waals surface area contributed by atoms with Crippen molar-refractivity contribution in [2.75, 3.05) is 7.11 Å². The molecule has 0 aliphatic heterocycles. The highest BCUT2D eigenvalue weighted by molar-refractivity contribution is 6.10. The molecule has 1 unspecified atom stereocenters. The Kier molecular flexibility index (Phi) is 5.39. The van der Waals surface area contributed by atoms with Gasteiger partial charge in [-0.15, -0.1) is 0 Å². The number of hydrogen-bond acceptors (Lipinski definition) is 4. The lowest BCUT2D eigenvalue weighted by Crippen LogP contribution is -2.26. The van der Waals surface area contributed by atoms with Gasteiger partial charge in [0.05, 0.1) is 13.0 Å². The van der Waals surface area contributed by atoms with E-state index in [0.29, 0.717) is 22.9 Å². The summed E-state index contributed by atoms with van der Waals surface area (Å²) in [5.74, 6) is 0.788. The van der Waals surface area contributed by atoms with Crippen LogP contribution in [-0.4, -0.2) is 12.9 Å². The van der Waals surface area contributed by atoms with E-state index in [0.717, 1.165) is 5.56 Å². The van der Waals surface area contributed by atoms with E-state index in [2.05, 4.69) is 0 Å². The van der Waals surface area contributed by atoms with Gasteiger partial charge in [0.15, 0.2) is 11.2 Å². The number of carbonyl (C=O) groups excluding carboxylic acids is 1. The highest BCUT2D eigenvalue weighted by atomic mass is 16.5. The minimum Gasteiger partial charge on any atom is -0.500 e. The number of Topliss-reactive ketones (excluding diaryl/α,β-unsaturated/α-hetero) is 1. The predicted molar refractivity (Wildman–Crippen MR) is 94.2 cm³/mol. The first-order chi connectivity index (χ1) is 11.5. The second-order valence-corrected chi connectivity index (χ2v) is 5.32. The van der Waals surface area contributed by atoms with Crippen molar-refractivity contribution < 1.29 is 13.9 Å². The van der Waals surface area contributed by atoms with E-state index in [9.17, 15) is 9.59 Å². The number of benzene rings is 1. The molecule has 1 aromatic heterocycles. The maximum Gasteiger partial charge on any atom is 0.199 e. The molecule has 0 saturated heterocycles. The van der Waals surface area contributed by atoms with Crippen molar-refractivity contribution in [3.63, 3.8) is 0 Å². The lowest BCUT2D eigenvalue weighted by molar-refractivity contribution is 0.101. The van der Waals surface area contributed by atoms with Gasteiger partial charge in [-0.25, -0.2) is 0 Å². The molecule has 1 aliphatic rings. The summed E-state index contributed by atoms with van der Waals surface area (Å²) in [7, 11) is 1.52. The molecular weight excluding hydrogens is 304 g/mol. The number of ketones is 1. The van der Waals surface area contributed by atoms with Crippen molar-refractivity contribution in [3.05, 3.63) is 69.3 Å². The van der Waals surface area contributed by atoms with E-state index in [1.54, 1.807) is 6.92 Å². The molecule has 2 aromatic rings. The van der Waals surface area contributed by atoms with Crippen molar-refractivity contribution in [1.29, 1.82) is 0 Å². The standard InChI is InChI=1S/C18H16O4.C2H6/c1-10-16(20)15-13(19)9-14(12-7-5-4-6-8-12)22-18(15)11(2)17(10)21-3;1-2/h4-9,11H,1-3H3;1-2H3. The molecule has 1 atom stereocenters. The number of methoxy groups -OCH3 is 1. The van der Waals surface area contributed by atoms with Crippen LogP contribution in [0.25, 0.3) is 11.3 Å². The van der Waals surface area contributed by atoms with Crippen LogP contribution in [0.1, 0.15) is 49.7 Å². The largest absolute Gasteiger partial charge is 0.500 e. The SMILES string of the molecule is CC.COC1=C(C)C(=O)c2c(oc(-c3ccccc3)cc2=O)C1C. The molecule has 4 nitrogen and oxygen atoms in total. The third-order valence-electron chi connectivity index (χ3n) is 3.98. The van der Waals surface area contributed by atoms with Crippen molar-refractivity contribution in [1.82, 2.24) is 0 Å². The van der Waals surface area contributed by atoms with E-state index in [1.807, 2.05) is 51.1 Å². The Hall–Kier alpha value is -2.62. The van der Waals surface area contributed by atoms with Crippen LogP contribution in [0.5, 0.6) is 0 Å². The van der Waals surface area contributed by atoms with E-state index < -0.39 is 0 Å². The van der Waals surface area contributed by atoms with Crippen molar-refractivity contribution in [2.24, 2.45) is 0 Å². The first-order valence-electron chi connectivity index (χ1n) is 8.07. The molecule has 4 heteroatoms. The van der Waals surface area contributed by atoms with Gasteiger partial charge in [0.2, 0.25) is 0 Å². The topological polar surface area (TPSA) is 56.5 Å². The number of fused-ring (bicyclic) bond motifs is 1. The number of carbonyl (C=O) groups is 1. The summed E-state index contributed by atoms with van der Waals surface area (Å²) in [5.41, 5.74) is 1.06. The van der Waals surface area contributed by atoms with Crippen molar-refractivity contribution in [3.8, 4) is 11.3 Å². The van der Waals surface area contributed by atoms with Gasteiger partial charge >= 0.3 is 0 Å². The molecule has 0 bridgehead atoms. The zero-order chi connectivity index (χ0) is 17.9. The van der Waals surface area contributed by atoms with E-state index in [4.69, 9.17) is 9.15 Å². The quantitative estimate of drug-likeness (QED) is 0.812. The Morgan fingerprint density at radius 2 is 1.71 bits per heavy atom. The average molecular weight is 326 g/mol. The van der Waals surface area contributed by atoms with Crippen LogP contribution >= 0.6 is 0 Å². The van der Waals surface area contributed by atoms with Gasteiger partial charge in [0, 0.05) is 17.2 Å². The summed E-state index contributed by atoms with van der Waals surface area (Å²) in [6, 6.07) is 10.7. The van der Waals surface area contributed by atoms with E-state index in [1.165, 1.54) is 13.2 Å². The summed E-state index contributed by atoms with van der Waals surface area (Å²) in [6.07, 6.45) is 0. The molecule has 0 fully saturated rings.